The third-order valence-electron chi connectivity index (χ3n) is 5.66. The molecule has 2 fully saturated rings. The fourth-order valence-electron chi connectivity index (χ4n) is 4.29. The summed E-state index contributed by atoms with van der Waals surface area (Å²) in [4.78, 5) is 2.38. The highest BCUT2D eigenvalue weighted by Gasteiger charge is 2.52. The molecule has 0 spiro atoms. The summed E-state index contributed by atoms with van der Waals surface area (Å²) in [7, 11) is 3.91. The van der Waals surface area contributed by atoms with E-state index in [-0.39, 0.29) is 11.6 Å². The van der Waals surface area contributed by atoms with Gasteiger partial charge in [-0.2, -0.15) is 0 Å². The Balaban J connectivity index is 1.95. The number of piperidine rings is 1. The second-order valence-corrected chi connectivity index (χ2v) is 7.53. The summed E-state index contributed by atoms with van der Waals surface area (Å²) in [6.45, 7) is 3.46. The molecule has 0 aliphatic carbocycles. The zero-order valence-electron chi connectivity index (χ0n) is 13.7. The van der Waals surface area contributed by atoms with E-state index in [4.69, 9.17) is 9.47 Å². The van der Waals surface area contributed by atoms with Crippen LogP contribution in [0.2, 0.25) is 0 Å². The Labute approximate surface area is 142 Å². The standard InChI is InChI=1S/C18H26BrNO2/c1-13-17-20(2)11-9-18(13,12-16(22-17)8-10-19)14-4-6-15(21-3)7-5-14/h4-7,13,16-17H,8-12H2,1-3H3. The lowest BCUT2D eigenvalue weighted by Crippen LogP contribution is -2.60. The van der Waals surface area contributed by atoms with Crippen LogP contribution in [-0.2, 0) is 10.2 Å². The predicted octanol–water partition coefficient (Wildman–Crippen LogP) is 3.80. The van der Waals surface area contributed by atoms with Crippen molar-refractivity contribution >= 4 is 15.9 Å². The molecule has 0 amide bonds. The van der Waals surface area contributed by atoms with Crippen molar-refractivity contribution in [2.75, 3.05) is 26.0 Å². The largest absolute Gasteiger partial charge is 0.497 e. The molecule has 4 heteroatoms. The second kappa shape index (κ2) is 6.50. The van der Waals surface area contributed by atoms with Crippen LogP contribution in [0.1, 0.15) is 31.7 Å². The maximum Gasteiger partial charge on any atom is 0.118 e. The van der Waals surface area contributed by atoms with Gasteiger partial charge in [-0.25, -0.2) is 0 Å². The lowest BCUT2D eigenvalue weighted by atomic mass is 9.61. The molecule has 3 nitrogen and oxygen atoms in total. The molecule has 122 valence electrons. The Morgan fingerprint density at radius 1 is 1.36 bits per heavy atom. The van der Waals surface area contributed by atoms with E-state index < -0.39 is 0 Å². The lowest BCUT2D eigenvalue weighted by Gasteiger charge is -2.56. The van der Waals surface area contributed by atoms with E-state index in [1.165, 1.54) is 12.0 Å². The minimum Gasteiger partial charge on any atom is -0.497 e. The van der Waals surface area contributed by atoms with Gasteiger partial charge in [0.25, 0.3) is 0 Å². The van der Waals surface area contributed by atoms with Gasteiger partial charge < -0.3 is 9.47 Å². The summed E-state index contributed by atoms with van der Waals surface area (Å²) >= 11 is 3.58. The van der Waals surface area contributed by atoms with Crippen LogP contribution in [0, 0.1) is 5.92 Å². The van der Waals surface area contributed by atoms with Crippen molar-refractivity contribution in [1.29, 1.82) is 0 Å². The number of rotatable bonds is 4. The Bertz CT molecular complexity index is 506. The molecule has 2 heterocycles. The van der Waals surface area contributed by atoms with Gasteiger partial charge in [0.2, 0.25) is 0 Å². The number of likely N-dealkylation sites (tertiary alicyclic amines) is 1. The van der Waals surface area contributed by atoms with Crippen molar-refractivity contribution < 1.29 is 9.47 Å². The maximum atomic E-state index is 6.38. The number of benzene rings is 1. The first-order chi connectivity index (χ1) is 10.6. The van der Waals surface area contributed by atoms with Crippen molar-refractivity contribution in [3.63, 3.8) is 0 Å². The average molecular weight is 368 g/mol. The monoisotopic (exact) mass is 367 g/mol. The first-order valence-electron chi connectivity index (χ1n) is 8.17. The summed E-state index contributed by atoms with van der Waals surface area (Å²) < 4.78 is 11.7. The number of alkyl halides is 1. The SMILES string of the molecule is COc1ccc(C23CCN(C)C(OC(CCBr)C2)C3C)cc1. The van der Waals surface area contributed by atoms with Crippen LogP contribution in [-0.4, -0.2) is 43.3 Å². The predicted molar refractivity (Wildman–Crippen MR) is 92.8 cm³/mol. The smallest absolute Gasteiger partial charge is 0.118 e. The molecule has 2 aliphatic rings. The van der Waals surface area contributed by atoms with Gasteiger partial charge in [0.15, 0.2) is 0 Å². The number of ether oxygens (including phenoxy) is 2. The van der Waals surface area contributed by atoms with E-state index in [0.29, 0.717) is 12.0 Å². The van der Waals surface area contributed by atoms with Crippen LogP contribution in [0.4, 0.5) is 0 Å². The Hall–Kier alpha value is -0.580. The van der Waals surface area contributed by atoms with Crippen molar-refractivity contribution in [2.24, 2.45) is 5.92 Å². The Morgan fingerprint density at radius 3 is 2.73 bits per heavy atom. The summed E-state index contributed by atoms with van der Waals surface area (Å²) in [5.74, 6) is 1.44. The molecule has 2 aliphatic heterocycles. The molecule has 2 saturated heterocycles. The van der Waals surface area contributed by atoms with Gasteiger partial charge in [0.1, 0.15) is 12.0 Å². The van der Waals surface area contributed by atoms with E-state index in [1.807, 2.05) is 0 Å². The normalized spacial score (nSPS) is 35.4. The third kappa shape index (κ3) is 2.70. The molecule has 4 unspecified atom stereocenters. The zero-order valence-corrected chi connectivity index (χ0v) is 15.3. The van der Waals surface area contributed by atoms with Crippen molar-refractivity contribution in [2.45, 2.75) is 43.9 Å². The summed E-state index contributed by atoms with van der Waals surface area (Å²) in [5, 5.41) is 1.00. The van der Waals surface area contributed by atoms with E-state index >= 15 is 0 Å². The number of fused-ring (bicyclic) bond motifs is 2. The number of nitrogens with zero attached hydrogens (tertiary/aromatic N) is 1. The fraction of sp³-hybridized carbons (Fsp3) is 0.667. The maximum absolute atomic E-state index is 6.38. The highest BCUT2D eigenvalue weighted by atomic mass is 79.9. The molecule has 1 aromatic carbocycles. The first kappa shape index (κ1) is 16.3. The highest BCUT2D eigenvalue weighted by Crippen LogP contribution is 2.50. The van der Waals surface area contributed by atoms with Gasteiger partial charge in [0, 0.05) is 23.2 Å². The molecule has 1 aromatic rings. The van der Waals surface area contributed by atoms with E-state index in [0.717, 1.165) is 30.5 Å². The van der Waals surface area contributed by atoms with Crippen LogP contribution in [0.15, 0.2) is 24.3 Å². The summed E-state index contributed by atoms with van der Waals surface area (Å²) in [5.41, 5.74) is 1.68. The van der Waals surface area contributed by atoms with Gasteiger partial charge >= 0.3 is 0 Å². The molecular weight excluding hydrogens is 342 g/mol. The van der Waals surface area contributed by atoms with Crippen molar-refractivity contribution in [1.82, 2.24) is 4.90 Å². The van der Waals surface area contributed by atoms with Gasteiger partial charge in [-0.3, -0.25) is 4.90 Å². The molecule has 2 bridgehead atoms. The molecule has 22 heavy (non-hydrogen) atoms. The quantitative estimate of drug-likeness (QED) is 0.755. The Morgan fingerprint density at radius 2 is 2.09 bits per heavy atom. The van der Waals surface area contributed by atoms with Gasteiger partial charge in [-0.15, -0.1) is 0 Å². The van der Waals surface area contributed by atoms with E-state index in [2.05, 4.69) is 59.1 Å². The van der Waals surface area contributed by atoms with Crippen molar-refractivity contribution in [3.05, 3.63) is 29.8 Å². The van der Waals surface area contributed by atoms with Crippen LogP contribution in [0.5, 0.6) is 5.75 Å². The van der Waals surface area contributed by atoms with Crippen LogP contribution < -0.4 is 4.74 Å². The minimum absolute atomic E-state index is 0.230. The summed E-state index contributed by atoms with van der Waals surface area (Å²) in [6, 6.07) is 8.71. The molecule has 0 N–H and O–H groups in total. The molecule has 0 aromatic heterocycles. The van der Waals surface area contributed by atoms with Gasteiger partial charge in [-0.05, 0) is 44.0 Å². The average Bonchev–Trinajstić information content (AvgIpc) is 2.53. The topological polar surface area (TPSA) is 21.7 Å². The Kier molecular flexibility index (Phi) is 4.81. The van der Waals surface area contributed by atoms with Crippen LogP contribution >= 0.6 is 15.9 Å². The second-order valence-electron chi connectivity index (χ2n) is 6.73. The molecule has 0 radical (unpaired) electrons. The minimum atomic E-state index is 0.230. The van der Waals surface area contributed by atoms with E-state index in [9.17, 15) is 0 Å². The number of hydrogen-bond acceptors (Lipinski definition) is 3. The van der Waals surface area contributed by atoms with Crippen LogP contribution in [0.25, 0.3) is 0 Å². The number of halogens is 1. The molecular formula is C18H26BrNO2. The van der Waals surface area contributed by atoms with Gasteiger partial charge in [0.05, 0.1) is 13.2 Å². The summed E-state index contributed by atoms with van der Waals surface area (Å²) in [6.07, 6.45) is 3.97. The lowest BCUT2D eigenvalue weighted by molar-refractivity contribution is -0.201. The molecule has 0 saturated carbocycles. The van der Waals surface area contributed by atoms with E-state index in [1.54, 1.807) is 7.11 Å². The molecule has 3 rings (SSSR count). The number of methoxy groups -OCH3 is 1. The first-order valence-corrected chi connectivity index (χ1v) is 9.29. The highest BCUT2D eigenvalue weighted by molar-refractivity contribution is 9.09. The van der Waals surface area contributed by atoms with Crippen molar-refractivity contribution in [3.8, 4) is 5.75 Å². The fourth-order valence-corrected chi connectivity index (χ4v) is 4.80. The molecule has 4 atom stereocenters. The number of hydrogen-bond donors (Lipinski definition) is 0. The van der Waals surface area contributed by atoms with Crippen LogP contribution in [0.3, 0.4) is 0 Å². The third-order valence-corrected chi connectivity index (χ3v) is 6.12. The zero-order chi connectivity index (χ0) is 15.7. The van der Waals surface area contributed by atoms with Gasteiger partial charge in [-0.1, -0.05) is 35.0 Å².